The molecule has 2 unspecified atom stereocenters. The van der Waals surface area contributed by atoms with E-state index in [9.17, 15) is 0 Å². The molecule has 3 N–H and O–H groups in total. The Morgan fingerprint density at radius 1 is 1.39 bits per heavy atom. The fourth-order valence-electron chi connectivity index (χ4n) is 2.64. The summed E-state index contributed by atoms with van der Waals surface area (Å²) >= 11 is 6.18. The van der Waals surface area contributed by atoms with Crippen LogP contribution in [0.3, 0.4) is 0 Å². The Kier molecular flexibility index (Phi) is 3.81. The van der Waals surface area contributed by atoms with Crippen LogP contribution < -0.4 is 10.6 Å². The van der Waals surface area contributed by atoms with E-state index in [4.69, 9.17) is 22.7 Å². The standard InChI is InChI=1S/C14H20ClN3/c1-9-6-7-10(2)18(8-9)12-5-3-4-11(15)13(12)14(16)17/h3-5,9-10H,6-8H2,1-2H3,(H3,16,17). The maximum atomic E-state index is 7.72. The fourth-order valence-corrected chi connectivity index (χ4v) is 2.91. The van der Waals surface area contributed by atoms with Crippen molar-refractivity contribution in [1.82, 2.24) is 0 Å². The van der Waals surface area contributed by atoms with Crippen molar-refractivity contribution in [2.24, 2.45) is 11.7 Å². The first kappa shape index (κ1) is 13.2. The van der Waals surface area contributed by atoms with Gasteiger partial charge in [0.1, 0.15) is 5.84 Å². The van der Waals surface area contributed by atoms with Crippen molar-refractivity contribution in [2.45, 2.75) is 32.7 Å². The minimum Gasteiger partial charge on any atom is -0.384 e. The van der Waals surface area contributed by atoms with Crippen LogP contribution >= 0.6 is 11.6 Å². The molecule has 1 aliphatic heterocycles. The lowest BCUT2D eigenvalue weighted by molar-refractivity contribution is 0.390. The molecule has 0 aliphatic carbocycles. The Labute approximate surface area is 113 Å². The quantitative estimate of drug-likeness (QED) is 0.637. The Balaban J connectivity index is 2.43. The van der Waals surface area contributed by atoms with E-state index in [-0.39, 0.29) is 5.84 Å². The normalized spacial score (nSPS) is 24.1. The van der Waals surface area contributed by atoms with E-state index in [0.717, 1.165) is 12.2 Å². The highest BCUT2D eigenvalue weighted by molar-refractivity contribution is 6.34. The number of nitrogens with zero attached hydrogens (tertiary/aromatic N) is 1. The second-order valence-electron chi connectivity index (χ2n) is 5.23. The van der Waals surface area contributed by atoms with Gasteiger partial charge in [0.2, 0.25) is 0 Å². The SMILES string of the molecule is CC1CCC(C)N(c2cccc(Cl)c2C(=N)N)C1. The number of nitrogen functional groups attached to an aromatic ring is 1. The van der Waals surface area contributed by atoms with Crippen molar-refractivity contribution in [1.29, 1.82) is 5.41 Å². The Bertz CT molecular complexity index is 458. The summed E-state index contributed by atoms with van der Waals surface area (Å²) in [7, 11) is 0. The molecule has 0 spiro atoms. The van der Waals surface area contributed by atoms with Crippen LogP contribution in [0.5, 0.6) is 0 Å². The predicted octanol–water partition coefficient (Wildman–Crippen LogP) is 3.25. The molecular weight excluding hydrogens is 246 g/mol. The van der Waals surface area contributed by atoms with Crippen molar-refractivity contribution >= 4 is 23.1 Å². The number of hydrogen-bond acceptors (Lipinski definition) is 2. The van der Waals surface area contributed by atoms with Crippen LogP contribution in [0, 0.1) is 11.3 Å². The van der Waals surface area contributed by atoms with Gasteiger partial charge >= 0.3 is 0 Å². The van der Waals surface area contributed by atoms with Gasteiger partial charge in [-0.15, -0.1) is 0 Å². The highest BCUT2D eigenvalue weighted by Crippen LogP contribution is 2.33. The Morgan fingerprint density at radius 3 is 2.78 bits per heavy atom. The van der Waals surface area contributed by atoms with Gasteiger partial charge in [0, 0.05) is 18.3 Å². The summed E-state index contributed by atoms with van der Waals surface area (Å²) in [5.41, 5.74) is 7.34. The molecule has 0 aromatic heterocycles. The third-order valence-corrected chi connectivity index (χ3v) is 4.00. The number of halogens is 1. The first-order chi connectivity index (χ1) is 8.50. The van der Waals surface area contributed by atoms with Gasteiger partial charge in [-0.2, -0.15) is 0 Å². The van der Waals surface area contributed by atoms with Crippen molar-refractivity contribution in [3.05, 3.63) is 28.8 Å². The van der Waals surface area contributed by atoms with Gasteiger partial charge in [-0.05, 0) is 37.8 Å². The Hall–Kier alpha value is -1.22. The summed E-state index contributed by atoms with van der Waals surface area (Å²) in [5.74, 6) is 0.709. The molecule has 1 aliphatic rings. The highest BCUT2D eigenvalue weighted by Gasteiger charge is 2.26. The molecule has 0 amide bonds. The van der Waals surface area contributed by atoms with Gasteiger partial charge in [0.05, 0.1) is 10.6 Å². The van der Waals surface area contributed by atoms with E-state index in [1.54, 1.807) is 6.07 Å². The maximum Gasteiger partial charge on any atom is 0.126 e. The first-order valence-electron chi connectivity index (χ1n) is 6.40. The molecule has 0 saturated carbocycles. The largest absolute Gasteiger partial charge is 0.384 e. The van der Waals surface area contributed by atoms with E-state index in [1.807, 2.05) is 12.1 Å². The maximum absolute atomic E-state index is 7.72. The summed E-state index contributed by atoms with van der Waals surface area (Å²) < 4.78 is 0. The van der Waals surface area contributed by atoms with Crippen LogP contribution in [-0.4, -0.2) is 18.4 Å². The lowest BCUT2D eigenvalue weighted by atomic mass is 9.93. The van der Waals surface area contributed by atoms with Crippen molar-refractivity contribution in [3.8, 4) is 0 Å². The molecule has 1 fully saturated rings. The number of rotatable bonds is 2. The minimum absolute atomic E-state index is 0.0426. The van der Waals surface area contributed by atoms with Crippen LogP contribution in [0.2, 0.25) is 5.02 Å². The summed E-state index contributed by atoms with van der Waals surface area (Å²) in [6, 6.07) is 6.20. The highest BCUT2D eigenvalue weighted by atomic mass is 35.5. The number of nitrogens with two attached hydrogens (primary N) is 1. The molecule has 18 heavy (non-hydrogen) atoms. The summed E-state index contributed by atoms with van der Waals surface area (Å²) in [6.07, 6.45) is 2.43. The van der Waals surface area contributed by atoms with Crippen molar-refractivity contribution in [3.63, 3.8) is 0 Å². The lowest BCUT2D eigenvalue weighted by Crippen LogP contribution is -2.42. The third-order valence-electron chi connectivity index (χ3n) is 3.69. The number of hydrogen-bond donors (Lipinski definition) is 2. The molecule has 3 nitrogen and oxygen atoms in total. The van der Waals surface area contributed by atoms with Crippen LogP contribution in [0.25, 0.3) is 0 Å². The second kappa shape index (κ2) is 5.19. The van der Waals surface area contributed by atoms with E-state index >= 15 is 0 Å². The second-order valence-corrected chi connectivity index (χ2v) is 5.64. The van der Waals surface area contributed by atoms with E-state index in [1.165, 1.54) is 12.8 Å². The zero-order valence-electron chi connectivity index (χ0n) is 10.9. The zero-order valence-corrected chi connectivity index (χ0v) is 11.7. The lowest BCUT2D eigenvalue weighted by Gasteiger charge is -2.39. The van der Waals surface area contributed by atoms with Crippen LogP contribution in [0.1, 0.15) is 32.3 Å². The molecule has 0 radical (unpaired) electrons. The van der Waals surface area contributed by atoms with Crippen LogP contribution in [0.4, 0.5) is 5.69 Å². The fraction of sp³-hybridized carbons (Fsp3) is 0.500. The topological polar surface area (TPSA) is 53.1 Å². The number of piperidine rings is 1. The molecule has 1 aromatic rings. The monoisotopic (exact) mass is 265 g/mol. The molecule has 1 heterocycles. The zero-order chi connectivity index (χ0) is 13.3. The van der Waals surface area contributed by atoms with Crippen molar-refractivity contribution in [2.75, 3.05) is 11.4 Å². The van der Waals surface area contributed by atoms with Crippen molar-refractivity contribution < 1.29 is 0 Å². The van der Waals surface area contributed by atoms with E-state index in [0.29, 0.717) is 22.5 Å². The molecule has 2 atom stereocenters. The van der Waals surface area contributed by atoms with Gasteiger partial charge in [-0.1, -0.05) is 24.6 Å². The molecule has 1 aromatic carbocycles. The summed E-state index contributed by atoms with van der Waals surface area (Å²) in [5, 5.41) is 8.28. The molecule has 2 rings (SSSR count). The average molecular weight is 266 g/mol. The molecule has 4 heteroatoms. The molecule has 0 bridgehead atoms. The third kappa shape index (κ3) is 2.46. The predicted molar refractivity (Wildman–Crippen MR) is 77.7 cm³/mol. The summed E-state index contributed by atoms with van der Waals surface area (Å²) in [6.45, 7) is 5.48. The van der Waals surface area contributed by atoms with Gasteiger partial charge in [0.15, 0.2) is 0 Å². The van der Waals surface area contributed by atoms with Crippen LogP contribution in [-0.2, 0) is 0 Å². The van der Waals surface area contributed by atoms with Gasteiger partial charge < -0.3 is 10.6 Å². The van der Waals surface area contributed by atoms with Gasteiger partial charge in [-0.3, -0.25) is 5.41 Å². The smallest absolute Gasteiger partial charge is 0.126 e. The molecule has 1 saturated heterocycles. The molecular formula is C14H20ClN3. The van der Waals surface area contributed by atoms with E-state index < -0.39 is 0 Å². The first-order valence-corrected chi connectivity index (χ1v) is 6.78. The number of benzene rings is 1. The number of nitrogens with one attached hydrogen (secondary N) is 1. The van der Waals surface area contributed by atoms with Gasteiger partial charge in [0.25, 0.3) is 0 Å². The molecule has 98 valence electrons. The number of amidine groups is 1. The Morgan fingerprint density at radius 2 is 2.11 bits per heavy atom. The van der Waals surface area contributed by atoms with Gasteiger partial charge in [-0.25, -0.2) is 0 Å². The average Bonchev–Trinajstić information content (AvgIpc) is 2.31. The van der Waals surface area contributed by atoms with E-state index in [2.05, 4.69) is 18.7 Å². The number of anilines is 1. The summed E-state index contributed by atoms with van der Waals surface area (Å²) in [4.78, 5) is 2.33. The van der Waals surface area contributed by atoms with Crippen LogP contribution in [0.15, 0.2) is 18.2 Å². The minimum atomic E-state index is 0.0426.